The van der Waals surface area contributed by atoms with E-state index in [1.165, 1.54) is 0 Å². The lowest BCUT2D eigenvalue weighted by Crippen LogP contribution is -2.16. The molecular weight excluding hydrogens is 318 g/mol. The van der Waals surface area contributed by atoms with Gasteiger partial charge in [0, 0.05) is 11.1 Å². The molecule has 0 saturated carbocycles. The maximum Gasteiger partial charge on any atom is 0.319 e. The fourth-order valence-corrected chi connectivity index (χ4v) is 2.21. The fourth-order valence-electron chi connectivity index (χ4n) is 2.21. The third-order valence-electron chi connectivity index (χ3n) is 3.39. The molecule has 0 aliphatic rings. The van der Waals surface area contributed by atoms with Crippen LogP contribution in [0.3, 0.4) is 0 Å². The average molecular weight is 335 g/mol. The van der Waals surface area contributed by atoms with Crippen molar-refractivity contribution in [2.75, 3.05) is 6.61 Å². The Labute approximate surface area is 145 Å². The van der Waals surface area contributed by atoms with E-state index in [0.29, 0.717) is 18.1 Å². The number of carbonyl (C=O) groups is 1. The molecule has 0 atom stereocenters. The summed E-state index contributed by atoms with van der Waals surface area (Å²) in [5.74, 6) is -0.176. The van der Waals surface area contributed by atoms with Crippen LogP contribution in [0.4, 0.5) is 0 Å². The van der Waals surface area contributed by atoms with E-state index in [9.17, 15) is 4.79 Å². The quantitative estimate of drug-likeness (QED) is 0.571. The maximum atomic E-state index is 12.5. The second kappa shape index (κ2) is 7.44. The molecule has 1 heterocycles. The Morgan fingerprint density at radius 2 is 1.76 bits per heavy atom. The Morgan fingerprint density at radius 1 is 1.12 bits per heavy atom. The number of aromatic nitrogens is 1. The summed E-state index contributed by atoms with van der Waals surface area (Å²) in [4.78, 5) is 20.7. The van der Waals surface area contributed by atoms with Gasteiger partial charge in [0.2, 0.25) is 11.6 Å². The average Bonchev–Trinajstić information content (AvgIpc) is 3.07. The standard InChI is InChI=1S/C19H17N3O3/c1-2-24-19-15(21-18(25-19)14-11-7-4-8-12-14)17(23)22-16(20)13-9-5-3-6-10-13/h3-12H,2H2,1H3,(H2,20,22,23). The molecular formula is C19H17N3O3. The van der Waals surface area contributed by atoms with Gasteiger partial charge in [-0.2, -0.15) is 9.98 Å². The Bertz CT molecular complexity index is 887. The summed E-state index contributed by atoms with van der Waals surface area (Å²) in [6.07, 6.45) is 0. The van der Waals surface area contributed by atoms with Crippen molar-refractivity contribution in [3.63, 3.8) is 0 Å². The van der Waals surface area contributed by atoms with Gasteiger partial charge in [-0.05, 0) is 19.1 Å². The molecule has 0 unspecified atom stereocenters. The lowest BCUT2D eigenvalue weighted by Gasteiger charge is -2.00. The Balaban J connectivity index is 1.95. The molecule has 126 valence electrons. The lowest BCUT2D eigenvalue weighted by atomic mass is 10.2. The van der Waals surface area contributed by atoms with Crippen molar-refractivity contribution in [2.45, 2.75) is 6.92 Å². The van der Waals surface area contributed by atoms with E-state index >= 15 is 0 Å². The first-order valence-electron chi connectivity index (χ1n) is 7.82. The molecule has 2 N–H and O–H groups in total. The summed E-state index contributed by atoms with van der Waals surface area (Å²) in [5, 5.41) is 0. The number of amidine groups is 1. The second-order valence-corrected chi connectivity index (χ2v) is 5.12. The van der Waals surface area contributed by atoms with Crippen LogP contribution in [0, 0.1) is 0 Å². The Hall–Kier alpha value is -3.41. The number of amides is 1. The highest BCUT2D eigenvalue weighted by Gasteiger charge is 2.22. The third kappa shape index (κ3) is 3.74. The van der Waals surface area contributed by atoms with Gasteiger partial charge in [0.1, 0.15) is 5.84 Å². The van der Waals surface area contributed by atoms with Crippen LogP contribution in [0.2, 0.25) is 0 Å². The van der Waals surface area contributed by atoms with Crippen LogP contribution in [-0.2, 0) is 0 Å². The first-order chi connectivity index (χ1) is 12.2. The van der Waals surface area contributed by atoms with Gasteiger partial charge in [-0.25, -0.2) is 0 Å². The summed E-state index contributed by atoms with van der Waals surface area (Å²) in [6.45, 7) is 2.13. The number of benzene rings is 2. The number of aliphatic imine (C=N–C) groups is 1. The number of hydrogen-bond acceptors (Lipinski definition) is 4. The number of carbonyl (C=O) groups excluding carboxylic acids is 1. The molecule has 0 fully saturated rings. The first-order valence-corrected chi connectivity index (χ1v) is 7.82. The molecule has 0 bridgehead atoms. The van der Waals surface area contributed by atoms with Crippen LogP contribution in [0.1, 0.15) is 23.0 Å². The Morgan fingerprint density at radius 3 is 2.40 bits per heavy atom. The minimum atomic E-state index is -0.615. The van der Waals surface area contributed by atoms with Crippen LogP contribution >= 0.6 is 0 Å². The highest BCUT2D eigenvalue weighted by atomic mass is 16.6. The summed E-state index contributed by atoms with van der Waals surface area (Å²) >= 11 is 0. The molecule has 0 saturated heterocycles. The predicted molar refractivity (Wildman–Crippen MR) is 94.6 cm³/mol. The molecule has 1 aromatic heterocycles. The number of nitrogens with zero attached hydrogens (tertiary/aromatic N) is 2. The monoisotopic (exact) mass is 335 g/mol. The van der Waals surface area contributed by atoms with E-state index in [1.807, 2.05) is 48.5 Å². The first kappa shape index (κ1) is 16.4. The van der Waals surface area contributed by atoms with E-state index in [0.717, 1.165) is 5.56 Å². The van der Waals surface area contributed by atoms with Gasteiger partial charge in [-0.1, -0.05) is 48.5 Å². The summed E-state index contributed by atoms with van der Waals surface area (Å²) in [6, 6.07) is 18.3. The zero-order valence-corrected chi connectivity index (χ0v) is 13.7. The van der Waals surface area contributed by atoms with Gasteiger partial charge >= 0.3 is 11.9 Å². The zero-order valence-electron chi connectivity index (χ0n) is 13.7. The second-order valence-electron chi connectivity index (χ2n) is 5.12. The number of oxazole rings is 1. The van der Waals surface area contributed by atoms with Crippen LogP contribution in [0.5, 0.6) is 5.95 Å². The van der Waals surface area contributed by atoms with Gasteiger partial charge in [-0.15, -0.1) is 0 Å². The zero-order chi connectivity index (χ0) is 17.6. The van der Waals surface area contributed by atoms with Crippen LogP contribution in [0.15, 0.2) is 70.1 Å². The molecule has 0 radical (unpaired) electrons. The molecule has 3 rings (SSSR count). The van der Waals surface area contributed by atoms with Crippen molar-refractivity contribution >= 4 is 11.7 Å². The SMILES string of the molecule is CCOc1oc(-c2ccccc2)nc1C(=O)N=C(N)c1ccccc1. The molecule has 6 nitrogen and oxygen atoms in total. The minimum absolute atomic E-state index is 0.000385. The molecule has 0 aliphatic carbocycles. The van der Waals surface area contributed by atoms with Crippen molar-refractivity contribution < 1.29 is 13.9 Å². The summed E-state index contributed by atoms with van der Waals surface area (Å²) in [7, 11) is 0. The van der Waals surface area contributed by atoms with Gasteiger partial charge in [-0.3, -0.25) is 4.79 Å². The lowest BCUT2D eigenvalue weighted by molar-refractivity contribution is 0.0992. The van der Waals surface area contributed by atoms with Crippen LogP contribution < -0.4 is 10.5 Å². The molecule has 3 aromatic rings. The van der Waals surface area contributed by atoms with Crippen molar-refractivity contribution in [1.82, 2.24) is 4.98 Å². The van der Waals surface area contributed by atoms with Crippen LogP contribution in [-0.4, -0.2) is 23.3 Å². The molecule has 1 amide bonds. The predicted octanol–water partition coefficient (Wildman–Crippen LogP) is 3.29. The number of ether oxygens (including phenoxy) is 1. The minimum Gasteiger partial charge on any atom is -0.464 e. The van der Waals surface area contributed by atoms with Gasteiger partial charge in [0.05, 0.1) is 6.61 Å². The molecule has 2 aromatic carbocycles. The highest BCUT2D eigenvalue weighted by molar-refractivity contribution is 6.08. The molecule has 25 heavy (non-hydrogen) atoms. The van der Waals surface area contributed by atoms with E-state index in [4.69, 9.17) is 14.9 Å². The van der Waals surface area contributed by atoms with E-state index in [-0.39, 0.29) is 17.5 Å². The smallest absolute Gasteiger partial charge is 0.319 e. The van der Waals surface area contributed by atoms with E-state index in [2.05, 4.69) is 9.98 Å². The normalized spacial score (nSPS) is 11.3. The van der Waals surface area contributed by atoms with Gasteiger partial charge in [0.25, 0.3) is 0 Å². The topological polar surface area (TPSA) is 90.7 Å². The van der Waals surface area contributed by atoms with Crippen molar-refractivity contribution in [3.05, 3.63) is 71.9 Å². The van der Waals surface area contributed by atoms with Crippen molar-refractivity contribution in [1.29, 1.82) is 0 Å². The summed E-state index contributed by atoms with van der Waals surface area (Å²) < 4.78 is 11.0. The number of hydrogen-bond donors (Lipinski definition) is 1. The van der Waals surface area contributed by atoms with Crippen molar-refractivity contribution in [2.24, 2.45) is 10.7 Å². The van der Waals surface area contributed by atoms with Gasteiger partial charge < -0.3 is 14.9 Å². The Kier molecular flexibility index (Phi) is 4.89. The van der Waals surface area contributed by atoms with Crippen LogP contribution in [0.25, 0.3) is 11.5 Å². The number of rotatable bonds is 5. The van der Waals surface area contributed by atoms with E-state index in [1.54, 1.807) is 19.1 Å². The molecule has 0 aliphatic heterocycles. The van der Waals surface area contributed by atoms with Gasteiger partial charge in [0.15, 0.2) is 0 Å². The molecule has 6 heteroatoms. The van der Waals surface area contributed by atoms with E-state index < -0.39 is 5.91 Å². The van der Waals surface area contributed by atoms with Crippen molar-refractivity contribution in [3.8, 4) is 17.4 Å². The summed E-state index contributed by atoms with van der Waals surface area (Å²) in [5.41, 5.74) is 7.30. The molecule has 0 spiro atoms. The largest absolute Gasteiger partial charge is 0.464 e. The highest BCUT2D eigenvalue weighted by Crippen LogP contribution is 2.28. The third-order valence-corrected chi connectivity index (χ3v) is 3.39. The fraction of sp³-hybridized carbons (Fsp3) is 0.105. The maximum absolute atomic E-state index is 12.5. The number of nitrogens with two attached hydrogens (primary N) is 1.